The molecule has 0 saturated heterocycles. The van der Waals surface area contributed by atoms with Gasteiger partial charge in [-0.3, -0.25) is 14.9 Å². The van der Waals surface area contributed by atoms with Gasteiger partial charge < -0.3 is 10.1 Å². The van der Waals surface area contributed by atoms with Crippen molar-refractivity contribution in [2.24, 2.45) is 0 Å². The number of carbonyl (C=O) groups excluding carboxylic acids is 3. The molecule has 0 fully saturated rings. The second-order valence-electron chi connectivity index (χ2n) is 7.12. The molecule has 0 bridgehead atoms. The maximum Gasteiger partial charge on any atom is 0.338 e. The summed E-state index contributed by atoms with van der Waals surface area (Å²) in [6.45, 7) is 4.01. The summed E-state index contributed by atoms with van der Waals surface area (Å²) in [7, 11) is 0. The van der Waals surface area contributed by atoms with Crippen LogP contribution >= 0.6 is 0 Å². The van der Waals surface area contributed by atoms with E-state index in [1.807, 2.05) is 31.2 Å². The molecule has 3 aromatic rings. The normalized spacial score (nSPS) is 14.6. The predicted octanol–water partition coefficient (Wildman–Crippen LogP) is 2.95. The number of hydrogen-bond acceptors (Lipinski definition) is 6. The minimum absolute atomic E-state index is 0.102. The molecule has 0 saturated carbocycles. The topological polar surface area (TPSA) is 115 Å². The van der Waals surface area contributed by atoms with Crippen LogP contribution in [-0.4, -0.2) is 39.2 Å². The van der Waals surface area contributed by atoms with Gasteiger partial charge in [-0.15, -0.1) is 5.10 Å². The highest BCUT2D eigenvalue weighted by Gasteiger charge is 2.35. The van der Waals surface area contributed by atoms with Gasteiger partial charge in [0.1, 0.15) is 6.04 Å². The van der Waals surface area contributed by atoms with E-state index in [-0.39, 0.29) is 24.8 Å². The average molecular weight is 419 g/mol. The summed E-state index contributed by atoms with van der Waals surface area (Å²) in [5.74, 6) is -0.319. The fourth-order valence-corrected chi connectivity index (χ4v) is 3.23. The Morgan fingerprint density at radius 1 is 1.13 bits per heavy atom. The van der Waals surface area contributed by atoms with Gasteiger partial charge in [-0.1, -0.05) is 29.8 Å². The van der Waals surface area contributed by atoms with E-state index in [9.17, 15) is 14.4 Å². The summed E-state index contributed by atoms with van der Waals surface area (Å²) < 4.78 is 6.38. The number of amides is 2. The van der Waals surface area contributed by atoms with Crippen LogP contribution in [0.1, 0.15) is 35.3 Å². The standard InChI is InChI=1S/C22H21N5O4/c1-3-31-21(30)15-8-10-16(11-9-15)23-18(28)12-17-20(29)25-22-24-19(26-27(17)22)14-6-4-13(2)5-7-14/h4-11,17H,3,12H2,1-2H3,(H,23,28)(H,24,25,26,29)/t17-/m0/s1. The molecule has 0 aliphatic carbocycles. The summed E-state index contributed by atoms with van der Waals surface area (Å²) in [6.07, 6.45) is -0.102. The molecule has 1 aromatic heterocycles. The zero-order valence-corrected chi connectivity index (χ0v) is 17.1. The zero-order valence-electron chi connectivity index (χ0n) is 17.1. The first-order chi connectivity index (χ1) is 14.9. The van der Waals surface area contributed by atoms with Gasteiger partial charge in [-0.2, -0.15) is 4.98 Å². The van der Waals surface area contributed by atoms with Crippen molar-refractivity contribution in [2.75, 3.05) is 17.2 Å². The molecule has 0 radical (unpaired) electrons. The van der Waals surface area contributed by atoms with E-state index in [2.05, 4.69) is 20.7 Å². The number of carbonyl (C=O) groups is 3. The summed E-state index contributed by atoms with van der Waals surface area (Å²) in [5.41, 5.74) is 2.85. The fraction of sp³-hybridized carbons (Fsp3) is 0.227. The number of aromatic nitrogens is 3. The highest BCUT2D eigenvalue weighted by Crippen LogP contribution is 2.28. The molecule has 1 atom stereocenters. The van der Waals surface area contributed by atoms with Crippen LogP contribution < -0.4 is 10.6 Å². The number of rotatable bonds is 6. The van der Waals surface area contributed by atoms with Crippen LogP contribution in [0.5, 0.6) is 0 Å². The molecule has 1 aliphatic heterocycles. The number of hydrogen-bond donors (Lipinski definition) is 2. The first kappa shape index (κ1) is 20.3. The number of nitrogens with zero attached hydrogens (tertiary/aromatic N) is 3. The third-order valence-corrected chi connectivity index (χ3v) is 4.83. The molecule has 158 valence electrons. The summed E-state index contributed by atoms with van der Waals surface area (Å²) in [6, 6.07) is 13.3. The Kier molecular flexibility index (Phi) is 5.48. The van der Waals surface area contributed by atoms with Crippen molar-refractivity contribution in [1.29, 1.82) is 0 Å². The molecule has 9 heteroatoms. The van der Waals surface area contributed by atoms with Crippen LogP contribution in [0.2, 0.25) is 0 Å². The molecule has 0 spiro atoms. The highest BCUT2D eigenvalue weighted by molar-refractivity contribution is 6.01. The van der Waals surface area contributed by atoms with E-state index in [0.717, 1.165) is 11.1 Å². The molecule has 0 unspecified atom stereocenters. The summed E-state index contributed by atoms with van der Waals surface area (Å²) in [5, 5.41) is 9.82. The lowest BCUT2D eigenvalue weighted by atomic mass is 10.1. The van der Waals surface area contributed by atoms with Crippen LogP contribution in [0.4, 0.5) is 11.6 Å². The summed E-state index contributed by atoms with van der Waals surface area (Å²) in [4.78, 5) is 40.9. The Morgan fingerprint density at radius 2 is 1.84 bits per heavy atom. The van der Waals surface area contributed by atoms with Gasteiger partial charge in [0.2, 0.25) is 11.9 Å². The third kappa shape index (κ3) is 4.30. The molecule has 4 rings (SSSR count). The van der Waals surface area contributed by atoms with Crippen molar-refractivity contribution in [1.82, 2.24) is 14.8 Å². The summed E-state index contributed by atoms with van der Waals surface area (Å²) >= 11 is 0. The molecule has 31 heavy (non-hydrogen) atoms. The SMILES string of the molecule is CCOC(=O)c1ccc(NC(=O)C[C@H]2C(=O)Nc3nc(-c4ccc(C)cc4)nn32)cc1. The molecular formula is C22H21N5O4. The van der Waals surface area contributed by atoms with Gasteiger partial charge >= 0.3 is 5.97 Å². The maximum absolute atomic E-state index is 12.5. The molecule has 2 amide bonds. The zero-order chi connectivity index (χ0) is 22.0. The Balaban J connectivity index is 1.44. The lowest BCUT2D eigenvalue weighted by Gasteiger charge is -2.10. The Bertz CT molecular complexity index is 1140. The molecule has 9 nitrogen and oxygen atoms in total. The van der Waals surface area contributed by atoms with Gasteiger partial charge in [0.25, 0.3) is 5.91 Å². The van der Waals surface area contributed by atoms with Crippen molar-refractivity contribution in [3.8, 4) is 11.4 Å². The van der Waals surface area contributed by atoms with Crippen molar-refractivity contribution >= 4 is 29.4 Å². The number of benzene rings is 2. The number of nitrogens with one attached hydrogen (secondary N) is 2. The van der Waals surface area contributed by atoms with Crippen LogP contribution in [0.25, 0.3) is 11.4 Å². The van der Waals surface area contributed by atoms with E-state index < -0.39 is 12.0 Å². The number of aryl methyl sites for hydroxylation is 1. The monoisotopic (exact) mass is 419 g/mol. The van der Waals surface area contributed by atoms with Gasteiger partial charge in [-0.25, -0.2) is 9.48 Å². The molecular weight excluding hydrogens is 398 g/mol. The van der Waals surface area contributed by atoms with Crippen molar-refractivity contribution < 1.29 is 19.1 Å². The van der Waals surface area contributed by atoms with Crippen molar-refractivity contribution in [2.45, 2.75) is 26.3 Å². The number of fused-ring (bicyclic) bond motifs is 1. The fourth-order valence-electron chi connectivity index (χ4n) is 3.23. The lowest BCUT2D eigenvalue weighted by Crippen LogP contribution is -2.23. The Morgan fingerprint density at radius 3 is 2.52 bits per heavy atom. The van der Waals surface area contributed by atoms with Crippen LogP contribution in [-0.2, 0) is 14.3 Å². The lowest BCUT2D eigenvalue weighted by molar-refractivity contribution is -0.123. The minimum Gasteiger partial charge on any atom is -0.462 e. The largest absolute Gasteiger partial charge is 0.462 e. The third-order valence-electron chi connectivity index (χ3n) is 4.83. The first-order valence-electron chi connectivity index (χ1n) is 9.86. The van der Waals surface area contributed by atoms with Crippen molar-refractivity contribution in [3.63, 3.8) is 0 Å². The maximum atomic E-state index is 12.5. The van der Waals surface area contributed by atoms with Gasteiger partial charge in [0, 0.05) is 11.3 Å². The second kappa shape index (κ2) is 8.39. The molecule has 1 aliphatic rings. The Hall–Kier alpha value is -4.01. The second-order valence-corrected chi connectivity index (χ2v) is 7.12. The van der Waals surface area contributed by atoms with Crippen LogP contribution in [0.3, 0.4) is 0 Å². The molecule has 2 aromatic carbocycles. The van der Waals surface area contributed by atoms with Crippen LogP contribution in [0.15, 0.2) is 48.5 Å². The van der Waals surface area contributed by atoms with E-state index >= 15 is 0 Å². The molecule has 2 heterocycles. The Labute approximate surface area is 178 Å². The number of esters is 1. The van der Waals surface area contributed by atoms with E-state index in [1.165, 1.54) is 4.68 Å². The van der Waals surface area contributed by atoms with Crippen LogP contribution in [0, 0.1) is 6.92 Å². The number of anilines is 2. The first-order valence-corrected chi connectivity index (χ1v) is 9.86. The highest BCUT2D eigenvalue weighted by atomic mass is 16.5. The minimum atomic E-state index is -0.791. The van der Waals surface area contributed by atoms with E-state index in [4.69, 9.17) is 4.74 Å². The van der Waals surface area contributed by atoms with Gasteiger partial charge in [-0.05, 0) is 38.1 Å². The molecule has 2 N–H and O–H groups in total. The smallest absolute Gasteiger partial charge is 0.338 e. The van der Waals surface area contributed by atoms with E-state index in [1.54, 1.807) is 31.2 Å². The number of ether oxygens (including phenoxy) is 1. The average Bonchev–Trinajstić information content (AvgIpc) is 3.28. The van der Waals surface area contributed by atoms with E-state index in [0.29, 0.717) is 23.0 Å². The quantitative estimate of drug-likeness (QED) is 0.594. The van der Waals surface area contributed by atoms with Crippen molar-refractivity contribution in [3.05, 3.63) is 59.7 Å². The van der Waals surface area contributed by atoms with Gasteiger partial charge in [0.15, 0.2) is 5.82 Å². The van der Waals surface area contributed by atoms with Gasteiger partial charge in [0.05, 0.1) is 18.6 Å². The predicted molar refractivity (Wildman–Crippen MR) is 114 cm³/mol.